The van der Waals surface area contributed by atoms with Gasteiger partial charge in [0, 0.05) is 31.4 Å². The minimum atomic E-state index is 0.210. The van der Waals surface area contributed by atoms with E-state index in [1.54, 1.807) is 12.4 Å². The molecule has 3 rings (SSSR count). The van der Waals surface area contributed by atoms with Gasteiger partial charge in [0.05, 0.1) is 5.69 Å². The topological polar surface area (TPSA) is 84.1 Å². The normalized spacial score (nSPS) is 23.5. The Balaban J connectivity index is 1.59. The van der Waals surface area contributed by atoms with Gasteiger partial charge in [-0.05, 0) is 51.1 Å². The summed E-state index contributed by atoms with van der Waals surface area (Å²) in [5.41, 5.74) is 6.75. The van der Waals surface area contributed by atoms with Gasteiger partial charge in [-0.2, -0.15) is 0 Å². The highest BCUT2D eigenvalue weighted by atomic mass is 16.2. The Hall–Kier alpha value is -1.69. The fourth-order valence-electron chi connectivity index (χ4n) is 3.57. The standard InChI is InChI=1S/C16H25N5O/c17-15-14(19-7-8-20-15)10-12-2-1-9-21(11-12)16(22)13-3-5-18-6-4-13/h7-8,12-13,18H,1-6,9-11H2,(H2,17,20)/t12-/m1/s1. The molecule has 3 heterocycles. The van der Waals surface area contributed by atoms with Crippen molar-refractivity contribution >= 4 is 11.7 Å². The van der Waals surface area contributed by atoms with Crippen LogP contribution in [-0.4, -0.2) is 47.0 Å². The second-order valence-corrected chi connectivity index (χ2v) is 6.41. The highest BCUT2D eigenvalue weighted by molar-refractivity contribution is 5.79. The summed E-state index contributed by atoms with van der Waals surface area (Å²) in [4.78, 5) is 23.2. The first-order valence-corrected chi connectivity index (χ1v) is 8.29. The van der Waals surface area contributed by atoms with E-state index in [4.69, 9.17) is 5.73 Å². The van der Waals surface area contributed by atoms with Crippen molar-refractivity contribution < 1.29 is 4.79 Å². The zero-order valence-corrected chi connectivity index (χ0v) is 13.0. The van der Waals surface area contributed by atoms with E-state index in [2.05, 4.69) is 20.2 Å². The molecule has 0 aromatic carbocycles. The third kappa shape index (κ3) is 3.55. The summed E-state index contributed by atoms with van der Waals surface area (Å²) in [6, 6.07) is 0. The zero-order chi connectivity index (χ0) is 15.4. The maximum absolute atomic E-state index is 12.7. The lowest BCUT2D eigenvalue weighted by Gasteiger charge is -2.36. The summed E-state index contributed by atoms with van der Waals surface area (Å²) < 4.78 is 0. The Kier molecular flexibility index (Phi) is 4.87. The van der Waals surface area contributed by atoms with Gasteiger partial charge >= 0.3 is 0 Å². The highest BCUT2D eigenvalue weighted by Crippen LogP contribution is 2.24. The number of likely N-dealkylation sites (tertiary alicyclic amines) is 1. The second kappa shape index (κ2) is 7.05. The fourth-order valence-corrected chi connectivity index (χ4v) is 3.57. The molecule has 3 N–H and O–H groups in total. The van der Waals surface area contributed by atoms with Gasteiger partial charge in [0.15, 0.2) is 0 Å². The van der Waals surface area contributed by atoms with Crippen LogP contribution in [0.3, 0.4) is 0 Å². The first-order chi connectivity index (χ1) is 10.7. The zero-order valence-electron chi connectivity index (χ0n) is 13.0. The highest BCUT2D eigenvalue weighted by Gasteiger charge is 2.30. The van der Waals surface area contributed by atoms with Crippen LogP contribution >= 0.6 is 0 Å². The molecule has 120 valence electrons. The molecule has 1 amide bonds. The minimum Gasteiger partial charge on any atom is -0.382 e. The molecule has 2 aliphatic rings. The lowest BCUT2D eigenvalue weighted by atomic mass is 9.90. The number of hydrogen-bond donors (Lipinski definition) is 2. The quantitative estimate of drug-likeness (QED) is 0.864. The molecule has 1 atom stereocenters. The van der Waals surface area contributed by atoms with E-state index in [0.717, 1.165) is 64.0 Å². The number of hydrogen-bond acceptors (Lipinski definition) is 5. The fraction of sp³-hybridized carbons (Fsp3) is 0.688. The van der Waals surface area contributed by atoms with E-state index in [9.17, 15) is 4.79 Å². The van der Waals surface area contributed by atoms with E-state index in [0.29, 0.717) is 17.6 Å². The van der Waals surface area contributed by atoms with Gasteiger partial charge in [0.2, 0.25) is 5.91 Å². The lowest BCUT2D eigenvalue weighted by Crippen LogP contribution is -2.45. The number of amides is 1. The maximum atomic E-state index is 12.7. The maximum Gasteiger partial charge on any atom is 0.225 e. The molecule has 6 nitrogen and oxygen atoms in total. The summed E-state index contributed by atoms with van der Waals surface area (Å²) in [5, 5.41) is 3.32. The van der Waals surface area contributed by atoms with Gasteiger partial charge in [-0.15, -0.1) is 0 Å². The Morgan fingerprint density at radius 2 is 2.05 bits per heavy atom. The van der Waals surface area contributed by atoms with Gasteiger partial charge in [-0.1, -0.05) is 0 Å². The summed E-state index contributed by atoms with van der Waals surface area (Å²) in [7, 11) is 0. The number of carbonyl (C=O) groups is 1. The molecule has 2 fully saturated rings. The first-order valence-electron chi connectivity index (χ1n) is 8.29. The molecule has 22 heavy (non-hydrogen) atoms. The van der Waals surface area contributed by atoms with E-state index in [1.807, 2.05) is 0 Å². The number of nitrogens with two attached hydrogens (primary N) is 1. The van der Waals surface area contributed by atoms with Crippen LogP contribution in [0.4, 0.5) is 5.82 Å². The van der Waals surface area contributed by atoms with Crippen molar-refractivity contribution in [3.05, 3.63) is 18.1 Å². The Bertz CT molecular complexity index is 515. The summed E-state index contributed by atoms with van der Waals surface area (Å²) >= 11 is 0. The Morgan fingerprint density at radius 3 is 2.82 bits per heavy atom. The number of anilines is 1. The molecule has 2 saturated heterocycles. The molecule has 0 radical (unpaired) electrons. The molecule has 0 saturated carbocycles. The van der Waals surface area contributed by atoms with Gasteiger partial charge < -0.3 is 16.0 Å². The van der Waals surface area contributed by atoms with Crippen LogP contribution in [0.5, 0.6) is 0 Å². The van der Waals surface area contributed by atoms with E-state index >= 15 is 0 Å². The third-order valence-corrected chi connectivity index (χ3v) is 4.81. The summed E-state index contributed by atoms with van der Waals surface area (Å²) in [5.74, 6) is 1.52. The van der Waals surface area contributed by atoms with Gasteiger partial charge in [-0.25, -0.2) is 4.98 Å². The number of aromatic nitrogens is 2. The number of nitrogen functional groups attached to an aromatic ring is 1. The molecule has 0 unspecified atom stereocenters. The number of rotatable bonds is 3. The van der Waals surface area contributed by atoms with Crippen LogP contribution in [0, 0.1) is 11.8 Å². The van der Waals surface area contributed by atoms with Gasteiger partial charge in [0.1, 0.15) is 5.82 Å². The van der Waals surface area contributed by atoms with E-state index in [-0.39, 0.29) is 5.92 Å². The van der Waals surface area contributed by atoms with Crippen LogP contribution in [-0.2, 0) is 11.2 Å². The second-order valence-electron chi connectivity index (χ2n) is 6.41. The predicted molar refractivity (Wildman–Crippen MR) is 85.0 cm³/mol. The molecule has 0 bridgehead atoms. The van der Waals surface area contributed by atoms with Crippen molar-refractivity contribution in [2.75, 3.05) is 31.9 Å². The number of piperidine rings is 2. The summed E-state index contributed by atoms with van der Waals surface area (Å²) in [6.45, 7) is 3.65. The lowest BCUT2D eigenvalue weighted by molar-refractivity contribution is -0.138. The number of nitrogens with zero attached hydrogens (tertiary/aromatic N) is 3. The average molecular weight is 303 g/mol. The number of nitrogens with one attached hydrogen (secondary N) is 1. The van der Waals surface area contributed by atoms with Crippen molar-refractivity contribution in [1.82, 2.24) is 20.2 Å². The largest absolute Gasteiger partial charge is 0.382 e. The van der Waals surface area contributed by atoms with Crippen molar-refractivity contribution in [3.8, 4) is 0 Å². The Morgan fingerprint density at radius 1 is 1.27 bits per heavy atom. The molecular formula is C16H25N5O. The number of carbonyl (C=O) groups excluding carboxylic acids is 1. The molecule has 0 spiro atoms. The molecule has 0 aliphatic carbocycles. The van der Waals surface area contributed by atoms with Crippen molar-refractivity contribution in [1.29, 1.82) is 0 Å². The minimum absolute atomic E-state index is 0.210. The van der Waals surface area contributed by atoms with Crippen LogP contribution < -0.4 is 11.1 Å². The van der Waals surface area contributed by atoms with E-state index < -0.39 is 0 Å². The summed E-state index contributed by atoms with van der Waals surface area (Å²) in [6.07, 6.45) is 8.26. The smallest absolute Gasteiger partial charge is 0.225 e. The first kappa shape index (κ1) is 15.2. The average Bonchev–Trinajstić information content (AvgIpc) is 2.57. The van der Waals surface area contributed by atoms with Crippen molar-refractivity contribution in [2.45, 2.75) is 32.1 Å². The van der Waals surface area contributed by atoms with Crippen LogP contribution in [0.15, 0.2) is 12.4 Å². The molecule has 2 aliphatic heterocycles. The van der Waals surface area contributed by atoms with Gasteiger partial charge in [-0.3, -0.25) is 9.78 Å². The SMILES string of the molecule is Nc1nccnc1C[C@H]1CCCN(C(=O)C2CCNCC2)C1. The molecule has 6 heteroatoms. The monoisotopic (exact) mass is 303 g/mol. The van der Waals surface area contributed by atoms with Gasteiger partial charge in [0.25, 0.3) is 0 Å². The predicted octanol–water partition coefficient (Wildman–Crippen LogP) is 0.839. The van der Waals surface area contributed by atoms with Crippen LogP contribution in [0.25, 0.3) is 0 Å². The third-order valence-electron chi connectivity index (χ3n) is 4.81. The van der Waals surface area contributed by atoms with Crippen LogP contribution in [0.1, 0.15) is 31.4 Å². The van der Waals surface area contributed by atoms with E-state index in [1.165, 1.54) is 0 Å². The van der Waals surface area contributed by atoms with Crippen molar-refractivity contribution in [2.24, 2.45) is 11.8 Å². The van der Waals surface area contributed by atoms with Crippen LogP contribution in [0.2, 0.25) is 0 Å². The Labute approximate surface area is 131 Å². The molecule has 1 aromatic heterocycles. The molecule has 1 aromatic rings. The van der Waals surface area contributed by atoms with Crippen molar-refractivity contribution in [3.63, 3.8) is 0 Å². The molecular weight excluding hydrogens is 278 g/mol.